The Morgan fingerprint density at radius 2 is 2.00 bits per heavy atom. The van der Waals surface area contributed by atoms with Gasteiger partial charge in [0, 0.05) is 24.7 Å². The van der Waals surface area contributed by atoms with E-state index in [1.54, 1.807) is 7.11 Å². The molecule has 1 N–H and O–H groups in total. The molecule has 0 saturated carbocycles. The van der Waals surface area contributed by atoms with Gasteiger partial charge in [-0.25, -0.2) is 0 Å². The minimum absolute atomic E-state index is 0.174. The van der Waals surface area contributed by atoms with E-state index in [1.807, 2.05) is 35.4 Å². The molecule has 2 aromatic carbocycles. The molecule has 0 fully saturated rings. The molecule has 0 saturated heterocycles. The summed E-state index contributed by atoms with van der Waals surface area (Å²) in [6.45, 7) is 1.50. The molecule has 1 aliphatic heterocycles. The van der Waals surface area contributed by atoms with Crippen molar-refractivity contribution in [1.29, 1.82) is 0 Å². The molecule has 3 aromatic rings. The number of carbonyl (C=O) groups is 1. The lowest BCUT2D eigenvalue weighted by atomic mass is 9.99. The van der Waals surface area contributed by atoms with E-state index in [0.29, 0.717) is 13.0 Å². The zero-order valence-corrected chi connectivity index (χ0v) is 13.7. The number of amides is 1. The quantitative estimate of drug-likeness (QED) is 0.805. The number of hydrogen-bond acceptors (Lipinski definition) is 2. The van der Waals surface area contributed by atoms with Crippen LogP contribution in [0.5, 0.6) is 5.75 Å². The predicted molar refractivity (Wildman–Crippen MR) is 94.1 cm³/mol. The van der Waals surface area contributed by atoms with E-state index in [4.69, 9.17) is 4.74 Å². The molecule has 1 aromatic heterocycles. The Balaban J connectivity index is 1.55. The number of ether oxygens (including phenoxy) is 1. The number of para-hydroxylation sites is 1. The highest BCUT2D eigenvalue weighted by Gasteiger charge is 2.21. The predicted octanol–water partition coefficient (Wildman–Crippen LogP) is 3.30. The number of nitrogens with zero attached hydrogens (tertiary/aromatic N) is 1. The maximum Gasteiger partial charge on any atom is 0.227 e. The van der Waals surface area contributed by atoms with Crippen LogP contribution in [0.1, 0.15) is 16.7 Å². The second kappa shape index (κ2) is 6.04. The van der Waals surface area contributed by atoms with Crippen molar-refractivity contribution >= 4 is 16.8 Å². The molecule has 24 heavy (non-hydrogen) atoms. The lowest BCUT2D eigenvalue weighted by molar-refractivity contribution is -0.131. The molecule has 4 heteroatoms. The number of hydrogen-bond donors (Lipinski definition) is 1. The number of rotatable bonds is 3. The molecule has 4 nitrogen and oxygen atoms in total. The lowest BCUT2D eigenvalue weighted by Gasteiger charge is -2.29. The van der Waals surface area contributed by atoms with Crippen molar-refractivity contribution in [3.05, 3.63) is 65.4 Å². The number of aromatic amines is 1. The van der Waals surface area contributed by atoms with Crippen LogP contribution in [-0.2, 0) is 24.2 Å². The van der Waals surface area contributed by atoms with Gasteiger partial charge in [0.1, 0.15) is 5.75 Å². The highest BCUT2D eigenvalue weighted by molar-refractivity contribution is 5.92. The molecule has 0 aliphatic carbocycles. The van der Waals surface area contributed by atoms with Gasteiger partial charge in [0.15, 0.2) is 0 Å². The molecule has 1 amide bonds. The van der Waals surface area contributed by atoms with Crippen molar-refractivity contribution < 1.29 is 9.53 Å². The Hall–Kier alpha value is -2.75. The molecule has 122 valence electrons. The summed E-state index contributed by atoms with van der Waals surface area (Å²) in [7, 11) is 1.66. The van der Waals surface area contributed by atoms with E-state index in [-0.39, 0.29) is 5.91 Å². The average molecular weight is 320 g/mol. The van der Waals surface area contributed by atoms with Crippen molar-refractivity contribution in [2.75, 3.05) is 13.7 Å². The largest absolute Gasteiger partial charge is 0.495 e. The van der Waals surface area contributed by atoms with Gasteiger partial charge in [-0.05, 0) is 29.2 Å². The van der Waals surface area contributed by atoms with Gasteiger partial charge in [-0.2, -0.15) is 0 Å². The summed E-state index contributed by atoms with van der Waals surface area (Å²) in [4.78, 5) is 17.9. The first-order valence-corrected chi connectivity index (χ1v) is 8.24. The van der Waals surface area contributed by atoms with Crippen LogP contribution >= 0.6 is 0 Å². The van der Waals surface area contributed by atoms with Crippen molar-refractivity contribution in [3.8, 4) is 5.75 Å². The Kier molecular flexibility index (Phi) is 3.73. The van der Waals surface area contributed by atoms with Gasteiger partial charge in [0.2, 0.25) is 5.91 Å². The lowest BCUT2D eigenvalue weighted by Crippen LogP contribution is -2.36. The van der Waals surface area contributed by atoms with E-state index in [0.717, 1.165) is 35.2 Å². The number of methoxy groups -OCH3 is 1. The van der Waals surface area contributed by atoms with E-state index in [9.17, 15) is 4.79 Å². The van der Waals surface area contributed by atoms with Gasteiger partial charge in [-0.3, -0.25) is 4.79 Å². The van der Waals surface area contributed by atoms with Crippen LogP contribution in [0.25, 0.3) is 10.9 Å². The zero-order valence-electron chi connectivity index (χ0n) is 13.7. The monoisotopic (exact) mass is 320 g/mol. The van der Waals surface area contributed by atoms with Crippen molar-refractivity contribution in [3.63, 3.8) is 0 Å². The van der Waals surface area contributed by atoms with E-state index in [1.165, 1.54) is 11.1 Å². The summed E-state index contributed by atoms with van der Waals surface area (Å²) in [5.74, 6) is 0.978. The Morgan fingerprint density at radius 1 is 1.17 bits per heavy atom. The van der Waals surface area contributed by atoms with Gasteiger partial charge in [-0.15, -0.1) is 0 Å². The fraction of sp³-hybridized carbons (Fsp3) is 0.250. The third-order valence-electron chi connectivity index (χ3n) is 4.81. The van der Waals surface area contributed by atoms with Crippen LogP contribution in [-0.4, -0.2) is 29.4 Å². The number of carbonyl (C=O) groups excluding carboxylic acids is 1. The van der Waals surface area contributed by atoms with Gasteiger partial charge in [0.25, 0.3) is 0 Å². The van der Waals surface area contributed by atoms with Crippen LogP contribution in [0, 0.1) is 0 Å². The second-order valence-electron chi connectivity index (χ2n) is 6.21. The van der Waals surface area contributed by atoms with E-state index >= 15 is 0 Å². The topological polar surface area (TPSA) is 45.3 Å². The highest BCUT2D eigenvalue weighted by atomic mass is 16.5. The molecule has 0 atom stereocenters. The maximum absolute atomic E-state index is 12.8. The summed E-state index contributed by atoms with van der Waals surface area (Å²) in [5.41, 5.74) is 4.59. The van der Waals surface area contributed by atoms with Crippen LogP contribution in [0.15, 0.2) is 48.7 Å². The van der Waals surface area contributed by atoms with Crippen LogP contribution in [0.2, 0.25) is 0 Å². The summed E-state index contributed by atoms with van der Waals surface area (Å²) in [5, 5.41) is 1.06. The molecule has 0 radical (unpaired) electrons. The minimum atomic E-state index is 0.174. The second-order valence-corrected chi connectivity index (χ2v) is 6.21. The van der Waals surface area contributed by atoms with Gasteiger partial charge in [0.05, 0.1) is 19.0 Å². The van der Waals surface area contributed by atoms with Gasteiger partial charge < -0.3 is 14.6 Å². The fourth-order valence-electron chi connectivity index (χ4n) is 3.48. The average Bonchev–Trinajstić information content (AvgIpc) is 3.04. The van der Waals surface area contributed by atoms with Gasteiger partial charge in [-0.1, -0.05) is 36.4 Å². The molecule has 0 bridgehead atoms. The van der Waals surface area contributed by atoms with Gasteiger partial charge >= 0.3 is 0 Å². The zero-order chi connectivity index (χ0) is 16.5. The molecule has 0 spiro atoms. The smallest absolute Gasteiger partial charge is 0.227 e. The van der Waals surface area contributed by atoms with Crippen molar-refractivity contribution in [2.45, 2.75) is 19.4 Å². The normalized spacial score (nSPS) is 13.8. The number of H-pyrrole nitrogens is 1. The molecule has 0 unspecified atom stereocenters. The van der Waals surface area contributed by atoms with Crippen LogP contribution in [0.4, 0.5) is 0 Å². The first-order valence-electron chi connectivity index (χ1n) is 8.24. The minimum Gasteiger partial charge on any atom is -0.495 e. The molecule has 1 aliphatic rings. The number of benzene rings is 2. The van der Waals surface area contributed by atoms with E-state index < -0.39 is 0 Å². The highest BCUT2D eigenvalue weighted by Crippen LogP contribution is 2.28. The first-order chi connectivity index (χ1) is 11.8. The number of nitrogens with one attached hydrogen (secondary N) is 1. The van der Waals surface area contributed by atoms with Crippen molar-refractivity contribution in [1.82, 2.24) is 9.88 Å². The fourth-order valence-corrected chi connectivity index (χ4v) is 3.48. The number of fused-ring (bicyclic) bond motifs is 2. The SMILES string of the molecule is COc1cccc2c(CC(=O)N3CCc4ccccc4C3)c[nH]c12. The van der Waals surface area contributed by atoms with Crippen LogP contribution < -0.4 is 4.74 Å². The Labute approximate surface area is 141 Å². The third kappa shape index (κ3) is 2.54. The summed E-state index contributed by atoms with van der Waals surface area (Å²) in [6.07, 6.45) is 3.27. The summed E-state index contributed by atoms with van der Waals surface area (Å²) < 4.78 is 5.37. The summed E-state index contributed by atoms with van der Waals surface area (Å²) >= 11 is 0. The molecular formula is C20H20N2O2. The third-order valence-corrected chi connectivity index (χ3v) is 4.81. The molecule has 4 rings (SSSR count). The standard InChI is InChI=1S/C20H20N2O2/c1-24-18-8-4-7-17-16(12-21-20(17)18)11-19(23)22-10-9-14-5-2-3-6-15(14)13-22/h2-8,12,21H,9-11,13H2,1H3. The Morgan fingerprint density at radius 3 is 2.83 bits per heavy atom. The first kappa shape index (κ1) is 14.8. The van der Waals surface area contributed by atoms with Crippen LogP contribution in [0.3, 0.4) is 0 Å². The molecular weight excluding hydrogens is 300 g/mol. The van der Waals surface area contributed by atoms with E-state index in [2.05, 4.69) is 23.2 Å². The van der Waals surface area contributed by atoms with Crippen molar-refractivity contribution in [2.24, 2.45) is 0 Å². The number of aromatic nitrogens is 1. The molecule has 2 heterocycles. The maximum atomic E-state index is 12.8. The Bertz CT molecular complexity index is 898. The summed E-state index contributed by atoms with van der Waals surface area (Å²) in [6, 6.07) is 14.3.